The summed E-state index contributed by atoms with van der Waals surface area (Å²) in [6.45, 7) is 6.59. The first-order valence-corrected chi connectivity index (χ1v) is 6.80. The van der Waals surface area contributed by atoms with Crippen molar-refractivity contribution < 1.29 is 57.2 Å². The molecule has 1 aliphatic rings. The minimum Gasteiger partial charge on any atom is -0.746 e. The van der Waals surface area contributed by atoms with E-state index < -0.39 is 38.8 Å². The second-order valence-electron chi connectivity index (χ2n) is 5.19. The third-order valence-corrected chi connectivity index (χ3v) is 4.00. The van der Waals surface area contributed by atoms with E-state index in [0.29, 0.717) is 0 Å². The summed E-state index contributed by atoms with van der Waals surface area (Å²) in [7, 11) is -4.81. The molecule has 0 aromatic heterocycles. The number of ether oxygens (including phenoxy) is 1. The van der Waals surface area contributed by atoms with E-state index in [4.69, 9.17) is 4.74 Å². The van der Waals surface area contributed by atoms with E-state index in [1.807, 2.05) is 0 Å². The van der Waals surface area contributed by atoms with Crippen molar-refractivity contribution in [3.8, 4) is 0 Å². The number of aliphatic hydroxyl groups is 1. The fourth-order valence-corrected chi connectivity index (χ4v) is 3.01. The van der Waals surface area contributed by atoms with Crippen LogP contribution in [0.25, 0.3) is 0 Å². The first-order chi connectivity index (χ1) is 7.49. The third-order valence-electron chi connectivity index (χ3n) is 3.12. The van der Waals surface area contributed by atoms with Gasteiger partial charge in [0.25, 0.3) is 0 Å². The number of esters is 1. The fraction of sp³-hybridized carbons (Fsp3) is 0.900. The largest absolute Gasteiger partial charge is 1.00 e. The molecule has 0 aliphatic heterocycles. The molecular formula is C10H17NaO6S. The smallest absolute Gasteiger partial charge is 0.746 e. The summed E-state index contributed by atoms with van der Waals surface area (Å²) in [6, 6.07) is 0. The topological polar surface area (TPSA) is 104 Å². The molecule has 0 heterocycles. The van der Waals surface area contributed by atoms with E-state index in [1.165, 1.54) is 0 Å². The van der Waals surface area contributed by atoms with Crippen LogP contribution in [0.15, 0.2) is 0 Å². The van der Waals surface area contributed by atoms with Crippen LogP contribution >= 0.6 is 0 Å². The standard InChI is InChI=1S/C10H18O6S.Na/c1-5(2)16-8(11)6-7(10(6,3)4)9(12)17(13,14)15;/h5-7,9,12H,1-4H3,(H,13,14,15);/q;+1/p-1. The van der Waals surface area contributed by atoms with Crippen LogP contribution in [-0.4, -0.2) is 35.6 Å². The SMILES string of the molecule is CC(C)OC(=O)C1C(C(O)S(=O)(=O)[O-])C1(C)C.[Na+]. The van der Waals surface area contributed by atoms with Gasteiger partial charge in [-0.1, -0.05) is 13.8 Å². The normalized spacial score (nSPS) is 27.3. The first-order valence-electron chi connectivity index (χ1n) is 5.33. The third kappa shape index (κ3) is 3.68. The Morgan fingerprint density at radius 1 is 1.39 bits per heavy atom. The van der Waals surface area contributed by atoms with Crippen LogP contribution < -0.4 is 29.6 Å². The van der Waals surface area contributed by atoms with E-state index in [9.17, 15) is 22.9 Å². The number of aliphatic hydroxyl groups excluding tert-OH is 1. The molecule has 1 saturated carbocycles. The van der Waals surface area contributed by atoms with Gasteiger partial charge in [-0.15, -0.1) is 0 Å². The van der Waals surface area contributed by atoms with Gasteiger partial charge in [-0.25, -0.2) is 8.42 Å². The van der Waals surface area contributed by atoms with Gasteiger partial charge < -0.3 is 14.4 Å². The van der Waals surface area contributed by atoms with Gasteiger partial charge in [0.15, 0.2) is 0 Å². The van der Waals surface area contributed by atoms with Crippen molar-refractivity contribution in [3.05, 3.63) is 0 Å². The summed E-state index contributed by atoms with van der Waals surface area (Å²) in [4.78, 5) is 11.6. The maximum Gasteiger partial charge on any atom is 1.00 e. The molecule has 8 heteroatoms. The average molecular weight is 288 g/mol. The Morgan fingerprint density at radius 3 is 2.17 bits per heavy atom. The number of rotatable bonds is 4. The Bertz CT molecular complexity index is 416. The van der Waals surface area contributed by atoms with E-state index in [-0.39, 0.29) is 35.7 Å². The van der Waals surface area contributed by atoms with Crippen LogP contribution in [0.3, 0.4) is 0 Å². The van der Waals surface area contributed by atoms with Crippen molar-refractivity contribution >= 4 is 16.1 Å². The van der Waals surface area contributed by atoms with E-state index in [2.05, 4.69) is 0 Å². The Labute approximate surface area is 129 Å². The van der Waals surface area contributed by atoms with Crippen LogP contribution in [0.1, 0.15) is 27.7 Å². The van der Waals surface area contributed by atoms with Crippen molar-refractivity contribution in [2.75, 3.05) is 0 Å². The average Bonchev–Trinajstić information content (AvgIpc) is 2.64. The van der Waals surface area contributed by atoms with Crippen molar-refractivity contribution in [2.45, 2.75) is 39.2 Å². The second-order valence-corrected chi connectivity index (χ2v) is 6.66. The second kappa shape index (κ2) is 5.76. The van der Waals surface area contributed by atoms with Gasteiger partial charge in [0.05, 0.1) is 12.0 Å². The summed E-state index contributed by atoms with van der Waals surface area (Å²) >= 11 is 0. The van der Waals surface area contributed by atoms with Crippen molar-refractivity contribution in [2.24, 2.45) is 17.3 Å². The van der Waals surface area contributed by atoms with Crippen LogP contribution in [0.4, 0.5) is 0 Å². The molecular weight excluding hydrogens is 271 g/mol. The molecule has 0 amide bonds. The van der Waals surface area contributed by atoms with Gasteiger partial charge in [0.2, 0.25) is 0 Å². The monoisotopic (exact) mass is 288 g/mol. The summed E-state index contributed by atoms with van der Waals surface area (Å²) < 4.78 is 37.2. The van der Waals surface area contributed by atoms with E-state index >= 15 is 0 Å². The molecule has 0 radical (unpaired) electrons. The molecule has 18 heavy (non-hydrogen) atoms. The molecule has 100 valence electrons. The zero-order chi connectivity index (χ0) is 13.6. The zero-order valence-corrected chi connectivity index (χ0v) is 14.0. The van der Waals surface area contributed by atoms with Gasteiger partial charge in [0.1, 0.15) is 15.6 Å². The molecule has 1 N–H and O–H groups in total. The Balaban J connectivity index is 0.00000289. The molecule has 1 aliphatic carbocycles. The summed E-state index contributed by atoms with van der Waals surface area (Å²) in [6.07, 6.45) is -0.319. The van der Waals surface area contributed by atoms with Crippen LogP contribution in [0.2, 0.25) is 0 Å². The van der Waals surface area contributed by atoms with Crippen molar-refractivity contribution in [1.29, 1.82) is 0 Å². The van der Waals surface area contributed by atoms with Gasteiger partial charge in [-0.2, -0.15) is 0 Å². The minimum atomic E-state index is -4.81. The Kier molecular flexibility index (Phi) is 5.87. The first kappa shape index (κ1) is 18.3. The van der Waals surface area contributed by atoms with E-state index in [0.717, 1.165) is 0 Å². The van der Waals surface area contributed by atoms with Gasteiger partial charge in [-0.3, -0.25) is 4.79 Å². The van der Waals surface area contributed by atoms with Crippen LogP contribution in [0.5, 0.6) is 0 Å². The molecule has 1 rings (SSSR count). The number of carbonyl (C=O) groups is 1. The van der Waals surface area contributed by atoms with Crippen LogP contribution in [0, 0.1) is 17.3 Å². The predicted octanol–water partition coefficient (Wildman–Crippen LogP) is -2.92. The Morgan fingerprint density at radius 2 is 1.83 bits per heavy atom. The maximum atomic E-state index is 11.6. The summed E-state index contributed by atoms with van der Waals surface area (Å²) in [5, 5.41) is 9.41. The molecule has 0 aromatic carbocycles. The number of hydrogen-bond donors (Lipinski definition) is 1. The molecule has 0 bridgehead atoms. The molecule has 3 atom stereocenters. The molecule has 0 aromatic rings. The number of hydrogen-bond acceptors (Lipinski definition) is 6. The molecule has 0 saturated heterocycles. The molecule has 3 unspecified atom stereocenters. The summed E-state index contributed by atoms with van der Waals surface area (Å²) in [5.74, 6) is -2.21. The van der Waals surface area contributed by atoms with Crippen LogP contribution in [-0.2, 0) is 19.6 Å². The molecule has 6 nitrogen and oxygen atoms in total. The molecule has 1 fully saturated rings. The van der Waals surface area contributed by atoms with Crippen molar-refractivity contribution in [1.82, 2.24) is 0 Å². The number of carbonyl (C=O) groups excluding carboxylic acids is 1. The zero-order valence-electron chi connectivity index (χ0n) is 11.2. The van der Waals surface area contributed by atoms with Gasteiger partial charge in [-0.05, 0) is 19.3 Å². The minimum absolute atomic E-state index is 0. The van der Waals surface area contributed by atoms with Crippen molar-refractivity contribution in [3.63, 3.8) is 0 Å². The molecule has 0 spiro atoms. The maximum absolute atomic E-state index is 11.6. The Hall–Kier alpha value is 0.340. The van der Waals surface area contributed by atoms with Gasteiger partial charge in [0, 0.05) is 5.92 Å². The quantitative estimate of drug-likeness (QED) is 0.338. The fourth-order valence-electron chi connectivity index (χ4n) is 2.15. The van der Waals surface area contributed by atoms with Gasteiger partial charge >= 0.3 is 35.5 Å². The predicted molar refractivity (Wildman–Crippen MR) is 57.7 cm³/mol. The summed E-state index contributed by atoms with van der Waals surface area (Å²) in [5.41, 5.74) is -2.79. The van der Waals surface area contributed by atoms with E-state index in [1.54, 1.807) is 27.7 Å².